The highest BCUT2D eigenvalue weighted by atomic mass is 19.2. The molecule has 0 aliphatic carbocycles. The van der Waals surface area contributed by atoms with Crippen LogP contribution in [0.5, 0.6) is 5.75 Å². The molecule has 1 aliphatic rings. The summed E-state index contributed by atoms with van der Waals surface area (Å²) < 4.78 is 39.0. The Kier molecular flexibility index (Phi) is 6.37. The molecule has 2 nitrogen and oxygen atoms in total. The standard InChI is InChI=1S/C18H24F2O2/c1-3-5-6-7-14-9-8-13(12-22-14)15-10-11-16(21-4-2)18(20)17(15)19/h6-7,10-11,13-14H,3-5,8-9,12H2,1-2H3/t13-,14?/m1/s1. The molecule has 1 heterocycles. The Morgan fingerprint density at radius 2 is 2.05 bits per heavy atom. The van der Waals surface area contributed by atoms with Gasteiger partial charge in [-0.1, -0.05) is 31.6 Å². The van der Waals surface area contributed by atoms with Gasteiger partial charge in [0.2, 0.25) is 5.82 Å². The Labute approximate surface area is 131 Å². The zero-order chi connectivity index (χ0) is 15.9. The van der Waals surface area contributed by atoms with Crippen molar-refractivity contribution in [3.63, 3.8) is 0 Å². The summed E-state index contributed by atoms with van der Waals surface area (Å²) in [4.78, 5) is 0. The van der Waals surface area contributed by atoms with Gasteiger partial charge in [-0.15, -0.1) is 0 Å². The van der Waals surface area contributed by atoms with Gasteiger partial charge in [-0.2, -0.15) is 4.39 Å². The first-order chi connectivity index (χ1) is 10.7. The second-order valence-corrected chi connectivity index (χ2v) is 5.58. The third-order valence-corrected chi connectivity index (χ3v) is 3.93. The lowest BCUT2D eigenvalue weighted by Gasteiger charge is -2.28. The average molecular weight is 310 g/mol. The predicted octanol–water partition coefficient (Wildman–Crippen LogP) is 4.98. The minimum absolute atomic E-state index is 0.0270. The van der Waals surface area contributed by atoms with E-state index in [1.165, 1.54) is 6.07 Å². The molecule has 1 fully saturated rings. The van der Waals surface area contributed by atoms with Crippen LogP contribution in [-0.4, -0.2) is 19.3 Å². The summed E-state index contributed by atoms with van der Waals surface area (Å²) in [6.45, 7) is 4.61. The Balaban J connectivity index is 2.01. The van der Waals surface area contributed by atoms with Gasteiger partial charge in [0.1, 0.15) is 0 Å². The van der Waals surface area contributed by atoms with Crippen LogP contribution in [0.15, 0.2) is 24.3 Å². The molecule has 0 radical (unpaired) electrons. The fourth-order valence-electron chi connectivity index (χ4n) is 2.71. The highest BCUT2D eigenvalue weighted by Gasteiger charge is 2.26. The lowest BCUT2D eigenvalue weighted by Crippen LogP contribution is -2.24. The highest BCUT2D eigenvalue weighted by Crippen LogP contribution is 2.33. The second kappa shape index (κ2) is 8.28. The molecule has 4 heteroatoms. The molecule has 2 atom stereocenters. The lowest BCUT2D eigenvalue weighted by atomic mass is 9.90. The van der Waals surface area contributed by atoms with Crippen LogP contribution in [0.2, 0.25) is 0 Å². The van der Waals surface area contributed by atoms with E-state index in [0.717, 1.165) is 25.7 Å². The van der Waals surface area contributed by atoms with E-state index in [-0.39, 0.29) is 17.8 Å². The van der Waals surface area contributed by atoms with Gasteiger partial charge < -0.3 is 9.47 Å². The number of benzene rings is 1. The summed E-state index contributed by atoms with van der Waals surface area (Å²) in [5, 5.41) is 0. The number of unbranched alkanes of at least 4 members (excludes halogenated alkanes) is 1. The number of allylic oxidation sites excluding steroid dienone is 1. The molecular formula is C18H24F2O2. The number of hydrogen-bond donors (Lipinski definition) is 0. The smallest absolute Gasteiger partial charge is 0.200 e. The summed E-state index contributed by atoms with van der Waals surface area (Å²) in [5.74, 6) is -1.83. The maximum absolute atomic E-state index is 14.2. The van der Waals surface area contributed by atoms with Crippen molar-refractivity contribution in [1.82, 2.24) is 0 Å². The van der Waals surface area contributed by atoms with E-state index in [2.05, 4.69) is 19.1 Å². The van der Waals surface area contributed by atoms with E-state index in [0.29, 0.717) is 18.8 Å². The molecule has 0 bridgehead atoms. The molecule has 2 rings (SSSR count). The number of halogens is 2. The molecule has 0 saturated carbocycles. The quantitative estimate of drug-likeness (QED) is 0.690. The number of hydrogen-bond acceptors (Lipinski definition) is 2. The van der Waals surface area contributed by atoms with Crippen LogP contribution in [-0.2, 0) is 4.74 Å². The lowest BCUT2D eigenvalue weighted by molar-refractivity contribution is 0.0316. The van der Waals surface area contributed by atoms with Crippen LogP contribution in [0.3, 0.4) is 0 Å². The van der Waals surface area contributed by atoms with E-state index < -0.39 is 11.6 Å². The van der Waals surface area contributed by atoms with Crippen molar-refractivity contribution in [3.8, 4) is 5.75 Å². The van der Waals surface area contributed by atoms with Crippen LogP contribution >= 0.6 is 0 Å². The Morgan fingerprint density at radius 3 is 2.68 bits per heavy atom. The van der Waals surface area contributed by atoms with Crippen LogP contribution < -0.4 is 4.74 Å². The molecular weight excluding hydrogens is 286 g/mol. The van der Waals surface area contributed by atoms with Gasteiger partial charge in [0, 0.05) is 5.92 Å². The summed E-state index contributed by atoms with van der Waals surface area (Å²) in [6, 6.07) is 3.12. The van der Waals surface area contributed by atoms with Crippen molar-refractivity contribution >= 4 is 0 Å². The van der Waals surface area contributed by atoms with Gasteiger partial charge in [-0.3, -0.25) is 0 Å². The Hall–Kier alpha value is -1.42. The van der Waals surface area contributed by atoms with Gasteiger partial charge >= 0.3 is 0 Å². The summed E-state index contributed by atoms with van der Waals surface area (Å²) in [7, 11) is 0. The van der Waals surface area contributed by atoms with Gasteiger partial charge in [0.25, 0.3) is 0 Å². The van der Waals surface area contributed by atoms with E-state index in [1.54, 1.807) is 13.0 Å². The van der Waals surface area contributed by atoms with Crippen LogP contribution in [0.1, 0.15) is 51.0 Å². The Bertz CT molecular complexity index is 506. The molecule has 1 aliphatic heterocycles. The second-order valence-electron chi connectivity index (χ2n) is 5.58. The minimum Gasteiger partial charge on any atom is -0.491 e. The molecule has 1 unspecified atom stereocenters. The normalized spacial score (nSPS) is 22.2. The maximum atomic E-state index is 14.2. The topological polar surface area (TPSA) is 18.5 Å². The molecule has 122 valence electrons. The molecule has 1 saturated heterocycles. The molecule has 22 heavy (non-hydrogen) atoms. The fourth-order valence-corrected chi connectivity index (χ4v) is 2.71. The minimum atomic E-state index is -0.899. The third-order valence-electron chi connectivity index (χ3n) is 3.93. The molecule has 1 aromatic rings. The van der Waals surface area contributed by atoms with E-state index in [1.807, 2.05) is 0 Å². The van der Waals surface area contributed by atoms with Gasteiger partial charge in [0.15, 0.2) is 11.6 Å². The average Bonchev–Trinajstić information content (AvgIpc) is 2.53. The van der Waals surface area contributed by atoms with Gasteiger partial charge in [-0.05, 0) is 37.8 Å². The summed E-state index contributed by atoms with van der Waals surface area (Å²) in [5.41, 5.74) is 0.386. The van der Waals surface area contributed by atoms with Crippen molar-refractivity contribution < 1.29 is 18.3 Å². The predicted molar refractivity (Wildman–Crippen MR) is 83.3 cm³/mol. The van der Waals surface area contributed by atoms with Gasteiger partial charge in [-0.25, -0.2) is 4.39 Å². The van der Waals surface area contributed by atoms with Gasteiger partial charge in [0.05, 0.1) is 19.3 Å². The van der Waals surface area contributed by atoms with Crippen LogP contribution in [0, 0.1) is 11.6 Å². The molecule has 0 spiro atoms. The molecule has 0 aromatic heterocycles. The third kappa shape index (κ3) is 4.07. The summed E-state index contributed by atoms with van der Waals surface area (Å²) >= 11 is 0. The molecule has 0 N–H and O–H groups in total. The molecule has 0 amide bonds. The van der Waals surface area contributed by atoms with Crippen LogP contribution in [0.25, 0.3) is 0 Å². The maximum Gasteiger partial charge on any atom is 0.200 e. The van der Waals surface area contributed by atoms with Crippen molar-refractivity contribution in [2.75, 3.05) is 13.2 Å². The van der Waals surface area contributed by atoms with Crippen molar-refractivity contribution in [3.05, 3.63) is 41.5 Å². The SMILES string of the molecule is CCCC=CC1CC[C@@H](c2ccc(OCC)c(F)c2F)CO1. The molecule has 1 aromatic carbocycles. The van der Waals surface area contributed by atoms with E-state index >= 15 is 0 Å². The highest BCUT2D eigenvalue weighted by molar-refractivity contribution is 5.33. The van der Waals surface area contributed by atoms with Crippen LogP contribution in [0.4, 0.5) is 8.78 Å². The Morgan fingerprint density at radius 1 is 1.23 bits per heavy atom. The zero-order valence-corrected chi connectivity index (χ0v) is 13.3. The van der Waals surface area contributed by atoms with Crippen molar-refractivity contribution in [2.24, 2.45) is 0 Å². The fraction of sp³-hybridized carbons (Fsp3) is 0.556. The first kappa shape index (κ1) is 16.9. The first-order valence-corrected chi connectivity index (χ1v) is 8.06. The van der Waals surface area contributed by atoms with Crippen molar-refractivity contribution in [1.29, 1.82) is 0 Å². The largest absolute Gasteiger partial charge is 0.491 e. The summed E-state index contributed by atoms with van der Waals surface area (Å²) in [6.07, 6.45) is 8.09. The number of ether oxygens (including phenoxy) is 2. The van der Waals surface area contributed by atoms with Crippen molar-refractivity contribution in [2.45, 2.75) is 51.6 Å². The zero-order valence-electron chi connectivity index (χ0n) is 13.3. The number of rotatable bonds is 6. The monoisotopic (exact) mass is 310 g/mol. The first-order valence-electron chi connectivity index (χ1n) is 8.06. The van der Waals surface area contributed by atoms with E-state index in [9.17, 15) is 8.78 Å². The van der Waals surface area contributed by atoms with E-state index in [4.69, 9.17) is 9.47 Å².